The molecule has 0 spiro atoms. The molecule has 3 heteroatoms. The molecule has 0 amide bonds. The van der Waals surface area contributed by atoms with Crippen LogP contribution < -0.4 is 4.90 Å². The number of hydrogen-bond donors (Lipinski definition) is 0. The molecule has 0 aliphatic rings. The van der Waals surface area contributed by atoms with Gasteiger partial charge in [0.1, 0.15) is 6.29 Å². The van der Waals surface area contributed by atoms with Crippen LogP contribution in [0.15, 0.2) is 18.2 Å². The molecule has 0 N–H and O–H groups in total. The zero-order valence-corrected chi connectivity index (χ0v) is 12.8. The van der Waals surface area contributed by atoms with Crippen LogP contribution in [0.4, 0.5) is 5.69 Å². The maximum Gasteiger partial charge on any atom is 0.150 e. The molecule has 0 unspecified atom stereocenters. The van der Waals surface area contributed by atoms with Gasteiger partial charge in [0.05, 0.1) is 0 Å². The van der Waals surface area contributed by atoms with E-state index in [-0.39, 0.29) is 0 Å². The molecule has 0 bridgehead atoms. The monoisotopic (exact) mass is 262 g/mol. The summed E-state index contributed by atoms with van der Waals surface area (Å²) >= 11 is 0. The molecule has 3 nitrogen and oxygen atoms in total. The maximum atomic E-state index is 10.9. The van der Waals surface area contributed by atoms with Crippen LogP contribution in [-0.4, -0.2) is 44.9 Å². The molecule has 1 rings (SSSR count). The van der Waals surface area contributed by atoms with Crippen molar-refractivity contribution in [3.05, 3.63) is 29.3 Å². The first-order chi connectivity index (χ1) is 8.93. The number of rotatable bonds is 7. The Morgan fingerprint density at radius 1 is 1.21 bits per heavy atom. The van der Waals surface area contributed by atoms with Gasteiger partial charge in [0, 0.05) is 30.9 Å². The highest BCUT2D eigenvalue weighted by Crippen LogP contribution is 2.19. The molecular weight excluding hydrogens is 236 g/mol. The van der Waals surface area contributed by atoms with E-state index < -0.39 is 0 Å². The summed E-state index contributed by atoms with van der Waals surface area (Å²) in [4.78, 5) is 15.5. The minimum absolute atomic E-state index is 0.619. The van der Waals surface area contributed by atoms with Crippen LogP contribution in [0, 0.1) is 12.8 Å². The zero-order chi connectivity index (χ0) is 14.4. The second-order valence-electron chi connectivity index (χ2n) is 5.80. The lowest BCUT2D eigenvalue weighted by atomic mass is 10.1. The van der Waals surface area contributed by atoms with Crippen LogP contribution in [0.5, 0.6) is 0 Å². The first-order valence-electron chi connectivity index (χ1n) is 6.89. The van der Waals surface area contributed by atoms with Crippen molar-refractivity contribution in [3.8, 4) is 0 Å². The average molecular weight is 262 g/mol. The molecule has 0 aliphatic heterocycles. The van der Waals surface area contributed by atoms with Crippen LogP contribution in [0.3, 0.4) is 0 Å². The van der Waals surface area contributed by atoms with E-state index in [0.29, 0.717) is 5.92 Å². The van der Waals surface area contributed by atoms with E-state index in [9.17, 15) is 4.79 Å². The van der Waals surface area contributed by atoms with Gasteiger partial charge >= 0.3 is 0 Å². The Balaban J connectivity index is 2.89. The molecule has 0 saturated heterocycles. The van der Waals surface area contributed by atoms with E-state index in [1.807, 2.05) is 13.0 Å². The SMILES string of the molecule is Cc1cc(N(CCN(C)C)CC(C)C)ccc1C=O. The Bertz CT molecular complexity index is 413. The van der Waals surface area contributed by atoms with Crippen molar-refractivity contribution in [1.82, 2.24) is 4.90 Å². The molecule has 0 saturated carbocycles. The highest BCUT2D eigenvalue weighted by atomic mass is 16.1. The Morgan fingerprint density at radius 2 is 1.89 bits per heavy atom. The molecule has 0 aromatic heterocycles. The predicted molar refractivity (Wildman–Crippen MR) is 82.2 cm³/mol. The van der Waals surface area contributed by atoms with Crippen LogP contribution in [0.1, 0.15) is 29.8 Å². The summed E-state index contributed by atoms with van der Waals surface area (Å²) in [7, 11) is 4.18. The average Bonchev–Trinajstić information content (AvgIpc) is 2.33. The van der Waals surface area contributed by atoms with Gasteiger partial charge in [-0.15, -0.1) is 0 Å². The normalized spacial score (nSPS) is 11.1. The molecule has 1 aromatic carbocycles. The fraction of sp³-hybridized carbons (Fsp3) is 0.562. The number of hydrogen-bond acceptors (Lipinski definition) is 3. The summed E-state index contributed by atoms with van der Waals surface area (Å²) in [6, 6.07) is 6.08. The Morgan fingerprint density at radius 3 is 2.37 bits per heavy atom. The third kappa shape index (κ3) is 5.03. The fourth-order valence-electron chi connectivity index (χ4n) is 2.08. The molecule has 0 atom stereocenters. The van der Waals surface area contributed by atoms with Gasteiger partial charge in [0.25, 0.3) is 0 Å². The molecule has 19 heavy (non-hydrogen) atoms. The first kappa shape index (κ1) is 15.7. The third-order valence-electron chi connectivity index (χ3n) is 3.15. The number of aldehydes is 1. The fourth-order valence-corrected chi connectivity index (χ4v) is 2.08. The Labute approximate surface area is 117 Å². The minimum Gasteiger partial charge on any atom is -0.370 e. The number of anilines is 1. The number of benzene rings is 1. The summed E-state index contributed by atoms with van der Waals surface area (Å²) in [5, 5.41) is 0. The van der Waals surface area contributed by atoms with E-state index in [1.54, 1.807) is 0 Å². The molecule has 0 aliphatic carbocycles. The zero-order valence-electron chi connectivity index (χ0n) is 12.8. The van der Waals surface area contributed by atoms with E-state index in [4.69, 9.17) is 0 Å². The van der Waals surface area contributed by atoms with Gasteiger partial charge in [-0.25, -0.2) is 0 Å². The van der Waals surface area contributed by atoms with Crippen LogP contribution in [-0.2, 0) is 0 Å². The summed E-state index contributed by atoms with van der Waals surface area (Å²) in [6.45, 7) is 9.53. The van der Waals surface area contributed by atoms with Gasteiger partial charge in [0.2, 0.25) is 0 Å². The van der Waals surface area contributed by atoms with Gasteiger partial charge < -0.3 is 9.80 Å². The molecule has 0 heterocycles. The summed E-state index contributed by atoms with van der Waals surface area (Å²) in [5.74, 6) is 0.619. The van der Waals surface area contributed by atoms with E-state index in [1.165, 1.54) is 5.69 Å². The van der Waals surface area contributed by atoms with E-state index in [0.717, 1.165) is 37.0 Å². The molecule has 0 fully saturated rings. The van der Waals surface area contributed by atoms with Gasteiger partial charge in [-0.05, 0) is 50.7 Å². The molecular formula is C16H26N2O. The number of aryl methyl sites for hydroxylation is 1. The number of likely N-dealkylation sites (N-methyl/N-ethyl adjacent to an activating group) is 1. The first-order valence-corrected chi connectivity index (χ1v) is 6.89. The van der Waals surface area contributed by atoms with E-state index in [2.05, 4.69) is 49.9 Å². The van der Waals surface area contributed by atoms with Gasteiger partial charge in [-0.1, -0.05) is 13.8 Å². The second-order valence-corrected chi connectivity index (χ2v) is 5.80. The highest BCUT2D eigenvalue weighted by Gasteiger charge is 2.10. The quantitative estimate of drug-likeness (QED) is 0.706. The highest BCUT2D eigenvalue weighted by molar-refractivity contribution is 5.78. The number of carbonyl (C=O) groups is 1. The van der Waals surface area contributed by atoms with E-state index >= 15 is 0 Å². The van der Waals surface area contributed by atoms with Crippen molar-refractivity contribution in [3.63, 3.8) is 0 Å². The molecule has 1 aromatic rings. The van der Waals surface area contributed by atoms with Crippen LogP contribution in [0.2, 0.25) is 0 Å². The van der Waals surface area contributed by atoms with Crippen molar-refractivity contribution in [2.45, 2.75) is 20.8 Å². The Kier molecular flexibility index (Phi) is 6.03. The summed E-state index contributed by atoms with van der Waals surface area (Å²) in [5.41, 5.74) is 3.03. The summed E-state index contributed by atoms with van der Waals surface area (Å²) in [6.07, 6.45) is 0.922. The molecule has 0 radical (unpaired) electrons. The standard InChI is InChI=1S/C16H26N2O/c1-13(2)11-18(9-8-17(4)5)16-7-6-15(12-19)14(3)10-16/h6-7,10,12-13H,8-9,11H2,1-5H3. The largest absolute Gasteiger partial charge is 0.370 e. The van der Waals surface area contributed by atoms with Crippen LogP contribution in [0.25, 0.3) is 0 Å². The third-order valence-corrected chi connectivity index (χ3v) is 3.15. The summed E-state index contributed by atoms with van der Waals surface area (Å²) < 4.78 is 0. The van der Waals surface area contributed by atoms with Gasteiger partial charge in [-0.2, -0.15) is 0 Å². The topological polar surface area (TPSA) is 23.6 Å². The van der Waals surface area contributed by atoms with Gasteiger partial charge in [-0.3, -0.25) is 4.79 Å². The lowest BCUT2D eigenvalue weighted by Gasteiger charge is -2.28. The van der Waals surface area contributed by atoms with Crippen molar-refractivity contribution in [1.29, 1.82) is 0 Å². The lowest BCUT2D eigenvalue weighted by molar-refractivity contribution is 0.112. The smallest absolute Gasteiger partial charge is 0.150 e. The number of nitrogens with zero attached hydrogens (tertiary/aromatic N) is 2. The van der Waals surface area contributed by atoms with Crippen molar-refractivity contribution in [2.75, 3.05) is 38.6 Å². The maximum absolute atomic E-state index is 10.9. The second kappa shape index (κ2) is 7.29. The van der Waals surface area contributed by atoms with Gasteiger partial charge in [0.15, 0.2) is 0 Å². The Hall–Kier alpha value is -1.35. The van der Waals surface area contributed by atoms with Crippen molar-refractivity contribution >= 4 is 12.0 Å². The molecule has 106 valence electrons. The van der Waals surface area contributed by atoms with Crippen LogP contribution >= 0.6 is 0 Å². The number of carbonyl (C=O) groups excluding carboxylic acids is 1. The van der Waals surface area contributed by atoms with Crippen molar-refractivity contribution < 1.29 is 4.79 Å². The lowest BCUT2D eigenvalue weighted by Crippen LogP contribution is -2.34. The van der Waals surface area contributed by atoms with Crippen molar-refractivity contribution in [2.24, 2.45) is 5.92 Å². The minimum atomic E-state index is 0.619. The predicted octanol–water partition coefficient (Wildman–Crippen LogP) is 2.83.